The average Bonchev–Trinajstić information content (AvgIpc) is 3.09. The highest BCUT2D eigenvalue weighted by molar-refractivity contribution is 7.17. The molecule has 0 atom stereocenters. The molecule has 6 nitrogen and oxygen atoms in total. The van der Waals surface area contributed by atoms with Gasteiger partial charge in [0.2, 0.25) is 5.91 Å². The van der Waals surface area contributed by atoms with Crippen LogP contribution >= 0.6 is 11.3 Å². The van der Waals surface area contributed by atoms with Crippen LogP contribution in [0.15, 0.2) is 18.2 Å². The van der Waals surface area contributed by atoms with Crippen molar-refractivity contribution in [2.75, 3.05) is 18.4 Å². The summed E-state index contributed by atoms with van der Waals surface area (Å²) in [4.78, 5) is 44.1. The summed E-state index contributed by atoms with van der Waals surface area (Å²) in [6, 6.07) is 2.88. The van der Waals surface area contributed by atoms with Crippen LogP contribution in [0.25, 0.3) is 0 Å². The van der Waals surface area contributed by atoms with E-state index in [9.17, 15) is 23.2 Å². The molecule has 164 valence electrons. The van der Waals surface area contributed by atoms with E-state index in [2.05, 4.69) is 10.3 Å². The third kappa shape index (κ3) is 4.51. The Morgan fingerprint density at radius 1 is 1.19 bits per heavy atom. The number of nitrogens with one attached hydrogen (secondary N) is 1. The second-order valence-electron chi connectivity index (χ2n) is 8.92. The summed E-state index contributed by atoms with van der Waals surface area (Å²) in [7, 11) is 0. The van der Waals surface area contributed by atoms with Gasteiger partial charge in [-0.15, -0.1) is 0 Å². The van der Waals surface area contributed by atoms with E-state index in [1.165, 1.54) is 16.2 Å². The predicted molar refractivity (Wildman–Crippen MR) is 112 cm³/mol. The molecule has 1 aliphatic heterocycles. The van der Waals surface area contributed by atoms with Gasteiger partial charge < -0.3 is 10.2 Å². The zero-order chi connectivity index (χ0) is 22.3. The quantitative estimate of drug-likeness (QED) is 0.769. The second kappa shape index (κ2) is 8.11. The molecular formula is C22H23F2N3O3S. The molecule has 1 N–H and O–H groups in total. The normalized spacial score (nSPS) is 18.6. The molecule has 0 spiro atoms. The Bertz CT molecular complexity index is 1060. The fraction of sp³-hybridized carbons (Fsp3) is 0.455. The van der Waals surface area contributed by atoms with Gasteiger partial charge in [0, 0.05) is 31.5 Å². The van der Waals surface area contributed by atoms with Gasteiger partial charge >= 0.3 is 0 Å². The number of anilines is 1. The molecule has 2 aliphatic rings. The third-order valence-corrected chi connectivity index (χ3v) is 6.83. The molecule has 1 aromatic carbocycles. The van der Waals surface area contributed by atoms with Crippen LogP contribution in [0, 0.1) is 23.0 Å². The summed E-state index contributed by atoms with van der Waals surface area (Å²) in [5, 5.41) is 3.24. The smallest absolute Gasteiger partial charge is 0.256 e. The third-order valence-electron chi connectivity index (χ3n) is 5.78. The molecule has 9 heteroatoms. The van der Waals surface area contributed by atoms with Crippen molar-refractivity contribution < 1.29 is 23.2 Å². The van der Waals surface area contributed by atoms with Crippen LogP contribution in [0.4, 0.5) is 13.9 Å². The van der Waals surface area contributed by atoms with Gasteiger partial charge in [-0.05, 0) is 36.8 Å². The van der Waals surface area contributed by atoms with Crippen molar-refractivity contribution in [2.24, 2.45) is 11.3 Å². The Morgan fingerprint density at radius 3 is 2.58 bits per heavy atom. The van der Waals surface area contributed by atoms with E-state index >= 15 is 0 Å². The van der Waals surface area contributed by atoms with Crippen LogP contribution < -0.4 is 5.32 Å². The van der Waals surface area contributed by atoms with Gasteiger partial charge in [0.15, 0.2) is 10.9 Å². The maximum Gasteiger partial charge on any atom is 0.256 e. The first kappa shape index (κ1) is 21.5. The fourth-order valence-corrected chi connectivity index (χ4v) is 5.08. The summed E-state index contributed by atoms with van der Waals surface area (Å²) in [5.41, 5.74) is 0.427. The predicted octanol–water partition coefficient (Wildman–Crippen LogP) is 4.07. The number of Topliss-reactive ketones (excluding diaryl/α,β-unsaturated/α-hetero) is 1. The number of hydrogen-bond acceptors (Lipinski definition) is 5. The molecule has 4 rings (SSSR count). The van der Waals surface area contributed by atoms with Gasteiger partial charge in [-0.25, -0.2) is 13.8 Å². The average molecular weight is 448 g/mol. The Labute approximate surface area is 182 Å². The molecule has 1 fully saturated rings. The maximum atomic E-state index is 13.9. The monoisotopic (exact) mass is 447 g/mol. The van der Waals surface area contributed by atoms with Gasteiger partial charge in [0.25, 0.3) is 5.91 Å². The Balaban J connectivity index is 1.36. The van der Waals surface area contributed by atoms with Crippen molar-refractivity contribution >= 4 is 34.1 Å². The summed E-state index contributed by atoms with van der Waals surface area (Å²) in [6.45, 7) is 4.65. The lowest BCUT2D eigenvalue weighted by molar-refractivity contribution is -0.121. The van der Waals surface area contributed by atoms with Gasteiger partial charge in [0.1, 0.15) is 11.6 Å². The van der Waals surface area contributed by atoms with E-state index in [0.717, 1.165) is 17.8 Å². The molecule has 2 aromatic rings. The highest BCUT2D eigenvalue weighted by Gasteiger charge is 2.35. The van der Waals surface area contributed by atoms with E-state index < -0.39 is 17.5 Å². The van der Waals surface area contributed by atoms with Crippen molar-refractivity contribution in [1.82, 2.24) is 9.88 Å². The van der Waals surface area contributed by atoms with Crippen molar-refractivity contribution in [2.45, 2.75) is 39.5 Å². The van der Waals surface area contributed by atoms with E-state index in [1.807, 2.05) is 13.8 Å². The molecule has 1 aromatic heterocycles. The molecule has 2 heterocycles. The number of hydrogen-bond donors (Lipinski definition) is 1. The number of aromatic nitrogens is 1. The molecule has 1 saturated heterocycles. The van der Waals surface area contributed by atoms with Gasteiger partial charge in [-0.3, -0.25) is 14.4 Å². The molecule has 0 unspecified atom stereocenters. The summed E-state index contributed by atoms with van der Waals surface area (Å²) in [6.07, 6.45) is 2.02. The number of fused-ring (bicyclic) bond motifs is 1. The fourth-order valence-electron chi connectivity index (χ4n) is 4.16. The molecule has 0 bridgehead atoms. The number of likely N-dealkylation sites (tertiary alicyclic amines) is 1. The van der Waals surface area contributed by atoms with Crippen LogP contribution in [-0.2, 0) is 11.2 Å². The largest absolute Gasteiger partial charge is 0.339 e. The zero-order valence-corrected chi connectivity index (χ0v) is 18.2. The van der Waals surface area contributed by atoms with Crippen LogP contribution in [0.5, 0.6) is 0 Å². The van der Waals surface area contributed by atoms with Crippen LogP contribution in [0.3, 0.4) is 0 Å². The van der Waals surface area contributed by atoms with Crippen molar-refractivity contribution in [3.05, 3.63) is 46.0 Å². The minimum Gasteiger partial charge on any atom is -0.339 e. The topological polar surface area (TPSA) is 79.4 Å². The molecular weight excluding hydrogens is 424 g/mol. The molecule has 1 aliphatic carbocycles. The second-order valence-corrected chi connectivity index (χ2v) is 9.91. The number of rotatable bonds is 3. The number of halogens is 2. The van der Waals surface area contributed by atoms with Crippen molar-refractivity contribution in [1.29, 1.82) is 0 Å². The first-order chi connectivity index (χ1) is 14.6. The minimum absolute atomic E-state index is 0.0593. The van der Waals surface area contributed by atoms with E-state index in [-0.39, 0.29) is 28.6 Å². The standard InChI is InChI=1S/C22H23F2N3O3S/c1-22(2)10-16-18(17(28)11-22)31-21(25-16)26-19(29)12-5-7-27(8-6-12)20(30)14-4-3-13(23)9-15(14)24/h3-4,9,12H,5-8,10-11H2,1-2H3,(H,25,26,29). The van der Waals surface area contributed by atoms with E-state index in [1.54, 1.807) is 0 Å². The Hall–Kier alpha value is -2.68. The minimum atomic E-state index is -0.893. The summed E-state index contributed by atoms with van der Waals surface area (Å²) >= 11 is 1.21. The summed E-state index contributed by atoms with van der Waals surface area (Å²) < 4.78 is 27.0. The number of ketones is 1. The highest BCUT2D eigenvalue weighted by atomic mass is 32.1. The lowest BCUT2D eigenvalue weighted by Gasteiger charge is -2.31. The first-order valence-corrected chi connectivity index (χ1v) is 11.0. The number of piperidine rings is 1. The van der Waals surface area contributed by atoms with Crippen LogP contribution in [-0.4, -0.2) is 40.6 Å². The zero-order valence-electron chi connectivity index (χ0n) is 17.3. The summed E-state index contributed by atoms with van der Waals surface area (Å²) in [5.74, 6) is -2.59. The molecule has 0 radical (unpaired) electrons. The number of nitrogens with zero attached hydrogens (tertiary/aromatic N) is 2. The lowest BCUT2D eigenvalue weighted by Crippen LogP contribution is -2.41. The number of thiazole rings is 1. The number of carbonyl (C=O) groups is 3. The van der Waals surface area contributed by atoms with Crippen molar-refractivity contribution in [3.63, 3.8) is 0 Å². The highest BCUT2D eigenvalue weighted by Crippen LogP contribution is 2.38. The Kier molecular flexibility index (Phi) is 5.63. The maximum absolute atomic E-state index is 13.9. The van der Waals surface area contributed by atoms with E-state index in [4.69, 9.17) is 0 Å². The number of carbonyl (C=O) groups excluding carboxylic acids is 3. The van der Waals surface area contributed by atoms with Gasteiger partial charge in [0.05, 0.1) is 16.1 Å². The van der Waals surface area contributed by atoms with Gasteiger partial charge in [-0.1, -0.05) is 25.2 Å². The van der Waals surface area contributed by atoms with Crippen LogP contribution in [0.2, 0.25) is 0 Å². The lowest BCUT2D eigenvalue weighted by atomic mass is 9.78. The molecule has 2 amide bonds. The van der Waals surface area contributed by atoms with Crippen LogP contribution in [0.1, 0.15) is 58.8 Å². The SMILES string of the molecule is CC1(C)CC(=O)c2sc(NC(=O)C3CCN(C(=O)c4ccc(F)cc4F)CC3)nc2C1. The number of benzene rings is 1. The van der Waals surface area contributed by atoms with Gasteiger partial charge in [-0.2, -0.15) is 0 Å². The molecule has 31 heavy (non-hydrogen) atoms. The molecule has 0 saturated carbocycles. The number of amides is 2. The van der Waals surface area contributed by atoms with E-state index in [0.29, 0.717) is 54.8 Å². The first-order valence-electron chi connectivity index (χ1n) is 10.2. The van der Waals surface area contributed by atoms with Crippen molar-refractivity contribution in [3.8, 4) is 0 Å². The Morgan fingerprint density at radius 2 is 1.90 bits per heavy atom.